The number of phosphoric ester groups is 4. The summed E-state index contributed by atoms with van der Waals surface area (Å²) in [7, 11) is -15.9. The van der Waals surface area contributed by atoms with Crippen molar-refractivity contribution >= 4 is 55.2 Å². The Kier molecular flexibility index (Phi) is 45.2. The number of hydrogen-bond acceptors (Lipinski definition) is 16. The van der Waals surface area contributed by atoms with Crippen LogP contribution >= 0.6 is 31.3 Å². The summed E-state index contributed by atoms with van der Waals surface area (Å²) in [4.78, 5) is 42.9. The molecule has 0 aliphatic heterocycles. The van der Waals surface area contributed by atoms with Crippen molar-refractivity contribution in [3.05, 3.63) is 0 Å². The van der Waals surface area contributed by atoms with Crippen LogP contribution in [0.25, 0.3) is 0 Å². The zero-order chi connectivity index (χ0) is 35.0. The molecule has 0 aliphatic rings. The minimum Gasteiger partial charge on any atom is -0.756 e. The molecule has 0 saturated heterocycles. The van der Waals surface area contributed by atoms with Crippen molar-refractivity contribution in [3.63, 3.8) is 0 Å². The fraction of sp³-hybridized carbons (Fsp3) is 1.00. The van der Waals surface area contributed by atoms with Gasteiger partial charge >= 0.3 is 23.9 Å². The van der Waals surface area contributed by atoms with Gasteiger partial charge in [-0.15, -0.1) is 0 Å². The van der Waals surface area contributed by atoms with E-state index in [1.54, 1.807) is 0 Å². The van der Waals surface area contributed by atoms with Crippen LogP contribution in [0.1, 0.15) is 107 Å². The molecule has 0 saturated carbocycles. The minimum atomic E-state index is -3.98. The van der Waals surface area contributed by atoms with Gasteiger partial charge < -0.3 is 55.8 Å². The molecule has 0 atom stereocenters. The Morgan fingerprint density at radius 2 is 0.400 bits per heavy atom. The monoisotopic (exact) mass is 844 g/mol. The Balaban J connectivity index is -0.000000157. The zero-order valence-electron chi connectivity index (χ0n) is 28.1. The van der Waals surface area contributed by atoms with Crippen LogP contribution in [0.15, 0.2) is 0 Å². The van der Waals surface area contributed by atoms with Crippen molar-refractivity contribution in [2.45, 2.75) is 107 Å². The maximum absolute atomic E-state index is 10.7. The second kappa shape index (κ2) is 36.5. The quantitative estimate of drug-likeness (QED) is 0.0933. The van der Waals surface area contributed by atoms with Crippen molar-refractivity contribution < 1.29 is 74.0 Å². The van der Waals surface area contributed by atoms with Gasteiger partial charge in [0.1, 0.15) is 0 Å². The molecule has 272 valence electrons. The van der Waals surface area contributed by atoms with Crippen molar-refractivity contribution in [2.24, 2.45) is 0 Å². The Morgan fingerprint density at radius 1 is 0.311 bits per heavy atom. The van der Waals surface area contributed by atoms with Crippen LogP contribution in [0, 0.1) is 0 Å². The molecule has 0 rings (SSSR count). The largest absolute Gasteiger partial charge is 4.00 e. The van der Waals surface area contributed by atoms with E-state index in [0.717, 1.165) is 0 Å². The topological polar surface area (TPSA) is 234 Å². The molecular formula is C24H56O16P4Sn. The van der Waals surface area contributed by atoms with Gasteiger partial charge in [0.15, 0.2) is 0 Å². The number of rotatable bonds is 24. The standard InChI is InChI=1S/4C6H15O4P.Sn/c4*1-3-5-9-11(7,8)10-6-4-2;/h4*3-6H2,1-2H3,(H,7,8);/q;;;;+4/p-4. The number of hydrogen-bond donors (Lipinski definition) is 0. The Bertz CT molecular complexity index is 633. The number of phosphoric acid groups is 4. The van der Waals surface area contributed by atoms with Crippen molar-refractivity contribution in [3.8, 4) is 0 Å². The predicted molar refractivity (Wildman–Crippen MR) is 166 cm³/mol. The molecule has 16 nitrogen and oxygen atoms in total. The van der Waals surface area contributed by atoms with Crippen LogP contribution in [0.3, 0.4) is 0 Å². The summed E-state index contributed by atoms with van der Waals surface area (Å²) in [5.74, 6) is 0. The fourth-order valence-electron chi connectivity index (χ4n) is 1.77. The first-order chi connectivity index (χ1) is 20.5. The summed E-state index contributed by atoms with van der Waals surface area (Å²) >= 11 is 0. The second-order valence-corrected chi connectivity index (χ2v) is 14.1. The van der Waals surface area contributed by atoms with E-state index in [0.29, 0.717) is 51.4 Å². The van der Waals surface area contributed by atoms with Crippen molar-refractivity contribution in [2.75, 3.05) is 52.9 Å². The molecule has 0 aliphatic carbocycles. The predicted octanol–water partition coefficient (Wildman–Crippen LogP) is 4.85. The normalized spacial score (nSPS) is 11.6. The van der Waals surface area contributed by atoms with Gasteiger partial charge in [0.2, 0.25) is 0 Å². The van der Waals surface area contributed by atoms with Crippen molar-refractivity contribution in [1.29, 1.82) is 0 Å². The SMILES string of the molecule is CCCOP(=O)([O-])OCCC.CCCOP(=O)([O-])OCCC.CCCOP(=O)([O-])OCCC.CCCOP(=O)([O-])OCCC.[Sn+4]. The van der Waals surface area contributed by atoms with Crippen LogP contribution in [0.2, 0.25) is 0 Å². The molecule has 0 heterocycles. The average Bonchev–Trinajstić information content (AvgIpc) is 2.98. The zero-order valence-corrected chi connectivity index (χ0v) is 34.6. The van der Waals surface area contributed by atoms with Crippen LogP contribution in [-0.2, 0) is 54.5 Å². The van der Waals surface area contributed by atoms with Gasteiger partial charge in [-0.25, -0.2) is 0 Å². The Hall–Kier alpha value is 1.24. The van der Waals surface area contributed by atoms with Gasteiger partial charge in [0, 0.05) is 0 Å². The molecular weight excluding hydrogens is 787 g/mol. The smallest absolute Gasteiger partial charge is 0.756 e. The molecule has 0 amide bonds. The second-order valence-electron chi connectivity index (χ2n) is 8.45. The maximum Gasteiger partial charge on any atom is 4.00 e. The molecule has 21 heteroatoms. The van der Waals surface area contributed by atoms with E-state index in [4.69, 9.17) is 0 Å². The maximum atomic E-state index is 10.7. The van der Waals surface area contributed by atoms with Gasteiger partial charge in [-0.3, -0.25) is 18.3 Å². The van der Waals surface area contributed by atoms with E-state index >= 15 is 0 Å². The first-order valence-electron chi connectivity index (χ1n) is 14.9. The molecule has 0 aromatic rings. The van der Waals surface area contributed by atoms with Crippen LogP contribution < -0.4 is 19.6 Å². The Morgan fingerprint density at radius 3 is 0.467 bits per heavy atom. The van der Waals surface area contributed by atoms with Gasteiger partial charge in [0.05, 0.1) is 52.9 Å². The third-order valence-electron chi connectivity index (χ3n) is 3.63. The van der Waals surface area contributed by atoms with Gasteiger partial charge in [-0.2, -0.15) is 0 Å². The average molecular weight is 843 g/mol. The summed E-state index contributed by atoms with van der Waals surface area (Å²) in [5, 5.41) is 0. The summed E-state index contributed by atoms with van der Waals surface area (Å²) in [5.41, 5.74) is 0. The van der Waals surface area contributed by atoms with Crippen LogP contribution in [0.4, 0.5) is 0 Å². The summed E-state index contributed by atoms with van der Waals surface area (Å²) in [6.07, 6.45) is 5.35. The molecule has 0 aromatic carbocycles. The molecule has 0 radical (unpaired) electrons. The van der Waals surface area contributed by atoms with Crippen LogP contribution in [-0.4, -0.2) is 76.8 Å². The minimum absolute atomic E-state index is 0. The van der Waals surface area contributed by atoms with Crippen LogP contribution in [0.5, 0.6) is 0 Å². The first-order valence-corrected chi connectivity index (χ1v) is 20.7. The molecule has 0 fully saturated rings. The summed E-state index contributed by atoms with van der Waals surface area (Å²) in [6.45, 7) is 16.3. The third kappa shape index (κ3) is 49.7. The third-order valence-corrected chi connectivity index (χ3v) is 7.62. The summed E-state index contributed by atoms with van der Waals surface area (Å²) in [6, 6.07) is 0. The molecule has 0 bridgehead atoms. The fourth-order valence-corrected chi connectivity index (χ4v) is 5.32. The molecule has 45 heavy (non-hydrogen) atoms. The summed E-state index contributed by atoms with van der Waals surface area (Å²) < 4.78 is 78.6. The van der Waals surface area contributed by atoms with E-state index in [-0.39, 0.29) is 76.8 Å². The molecule has 0 aromatic heterocycles. The molecule has 0 spiro atoms. The van der Waals surface area contributed by atoms with E-state index < -0.39 is 31.3 Å². The Labute approximate surface area is 288 Å². The van der Waals surface area contributed by atoms with E-state index in [2.05, 4.69) is 36.2 Å². The van der Waals surface area contributed by atoms with E-state index in [9.17, 15) is 37.8 Å². The first kappa shape index (κ1) is 55.6. The molecule has 0 unspecified atom stereocenters. The van der Waals surface area contributed by atoms with E-state index in [1.807, 2.05) is 55.4 Å². The van der Waals surface area contributed by atoms with E-state index in [1.165, 1.54) is 0 Å². The van der Waals surface area contributed by atoms with Crippen molar-refractivity contribution in [1.82, 2.24) is 0 Å². The van der Waals surface area contributed by atoms with Gasteiger partial charge in [-0.1, -0.05) is 55.4 Å². The van der Waals surface area contributed by atoms with Gasteiger partial charge in [-0.05, 0) is 51.4 Å². The van der Waals surface area contributed by atoms with Gasteiger partial charge in [0.25, 0.3) is 31.3 Å². The molecule has 0 N–H and O–H groups in total.